The van der Waals surface area contributed by atoms with Crippen LogP contribution in [0.4, 0.5) is 0 Å². The largest absolute Gasteiger partial charge is 0.455 e. The summed E-state index contributed by atoms with van der Waals surface area (Å²) in [6.07, 6.45) is 0. The van der Waals surface area contributed by atoms with E-state index in [0.29, 0.717) is 52.4 Å². The molecule has 11 nitrogen and oxygen atoms in total. The predicted molar refractivity (Wildman–Crippen MR) is 600 cm³/mol. The van der Waals surface area contributed by atoms with Crippen molar-refractivity contribution in [3.8, 4) is 147 Å². The minimum absolute atomic E-state index is 0.569. The summed E-state index contributed by atoms with van der Waals surface area (Å²) in [4.78, 5) is 45.1. The van der Waals surface area contributed by atoms with Gasteiger partial charge in [-0.05, 0) is 168 Å². The van der Waals surface area contributed by atoms with E-state index in [-0.39, 0.29) is 0 Å². The first-order chi connectivity index (χ1) is 71.9. The van der Waals surface area contributed by atoms with Crippen LogP contribution in [-0.4, -0.2) is 44.9 Å². The van der Waals surface area contributed by atoms with E-state index in [9.17, 15) is 0 Å². The minimum Gasteiger partial charge on any atom is -0.455 e. The molecule has 0 aliphatic carbocycles. The van der Waals surface area contributed by atoms with Gasteiger partial charge in [0.1, 0.15) is 22.3 Å². The Bertz CT molecular complexity index is 9500. The molecule has 0 amide bonds. The normalized spacial score (nSPS) is 11.6. The minimum atomic E-state index is 0.569. The quantitative estimate of drug-likeness (QED) is 0.102. The Balaban J connectivity index is 0.000000108. The Labute approximate surface area is 836 Å². The van der Waals surface area contributed by atoms with Crippen LogP contribution in [0.3, 0.4) is 0 Å². The molecule has 0 saturated carbocycles. The molecular weight excluding hydrogens is 1790 g/mol. The van der Waals surface area contributed by atoms with Crippen LogP contribution in [0.5, 0.6) is 0 Å². The Morgan fingerprint density at radius 2 is 0.400 bits per heavy atom. The predicted octanol–water partition coefficient (Wildman–Crippen LogP) is 35.5. The fraction of sp³-hybridized carbons (Fsp3) is 0. The van der Waals surface area contributed by atoms with Crippen molar-refractivity contribution < 1.29 is 8.83 Å². The Morgan fingerprint density at radius 1 is 0.145 bits per heavy atom. The smallest absolute Gasteiger partial charge is 0.167 e. The Morgan fingerprint density at radius 3 is 0.779 bits per heavy atom. The van der Waals surface area contributed by atoms with E-state index in [1.165, 1.54) is 118 Å². The van der Waals surface area contributed by atoms with Crippen LogP contribution < -0.4 is 0 Å². The molecule has 29 aromatic rings. The molecule has 0 atom stereocenters. The third kappa shape index (κ3) is 15.4. The molecule has 0 fully saturated rings. The highest BCUT2D eigenvalue weighted by Crippen LogP contribution is 2.50. The molecule has 29 rings (SSSR count). The van der Waals surface area contributed by atoms with Gasteiger partial charge in [0.15, 0.2) is 52.4 Å². The van der Waals surface area contributed by atoms with Crippen LogP contribution >= 0.6 is 11.3 Å². The lowest BCUT2D eigenvalue weighted by Crippen LogP contribution is -2.00. The maximum Gasteiger partial charge on any atom is 0.167 e. The van der Waals surface area contributed by atoms with Crippen LogP contribution in [0.1, 0.15) is 0 Å². The van der Waals surface area contributed by atoms with Gasteiger partial charge in [-0.2, -0.15) is 0 Å². The average molecular weight is 1870 g/mol. The second-order valence-electron chi connectivity index (χ2n) is 36.3. The molecule has 6 heterocycles. The molecule has 12 heteroatoms. The first kappa shape index (κ1) is 85.0. The number of fused-ring (bicyclic) bond motifs is 22. The third-order valence-corrected chi connectivity index (χ3v) is 29.0. The van der Waals surface area contributed by atoms with Crippen LogP contribution in [0.25, 0.3) is 286 Å². The van der Waals surface area contributed by atoms with Gasteiger partial charge < -0.3 is 8.83 Å². The van der Waals surface area contributed by atoms with Gasteiger partial charge in [-0.15, -0.1) is 11.3 Å². The Kier molecular flexibility index (Phi) is 21.2. The fourth-order valence-electron chi connectivity index (χ4n) is 21.0. The molecule has 6 aromatic heterocycles. The zero-order valence-electron chi connectivity index (χ0n) is 78.0. The van der Waals surface area contributed by atoms with Crippen molar-refractivity contribution in [2.75, 3.05) is 0 Å². The molecule has 0 bridgehead atoms. The second kappa shape index (κ2) is 36.2. The van der Waals surface area contributed by atoms with Crippen molar-refractivity contribution in [3.05, 3.63) is 491 Å². The average Bonchev–Trinajstić information content (AvgIpc) is 1.68. The molecule has 0 saturated heterocycles. The van der Waals surface area contributed by atoms with Gasteiger partial charge in [0.25, 0.3) is 0 Å². The zero-order chi connectivity index (χ0) is 95.8. The van der Waals surface area contributed by atoms with E-state index in [1.807, 2.05) is 182 Å². The first-order valence-electron chi connectivity index (χ1n) is 48.6. The summed E-state index contributed by atoms with van der Waals surface area (Å²) in [7, 11) is 0. The summed E-state index contributed by atoms with van der Waals surface area (Å²) in [5.41, 5.74) is 20.7. The highest BCUT2D eigenvalue weighted by atomic mass is 32.1. The number of benzene rings is 23. The van der Waals surface area contributed by atoms with E-state index in [2.05, 4.69) is 309 Å². The van der Waals surface area contributed by atoms with Gasteiger partial charge in [0.2, 0.25) is 0 Å². The lowest BCUT2D eigenvalue weighted by molar-refractivity contribution is 0.669. The van der Waals surface area contributed by atoms with E-state index < -0.39 is 0 Å². The zero-order valence-corrected chi connectivity index (χ0v) is 78.8. The fourth-order valence-corrected chi connectivity index (χ4v) is 22.2. The highest BCUT2D eigenvalue weighted by molar-refractivity contribution is 7.26. The highest BCUT2D eigenvalue weighted by Gasteiger charge is 2.27. The summed E-state index contributed by atoms with van der Waals surface area (Å²) in [6.45, 7) is 0. The van der Waals surface area contributed by atoms with Crippen molar-refractivity contribution >= 4 is 151 Å². The summed E-state index contributed by atoms with van der Waals surface area (Å²) in [5.74, 6) is 5.61. The summed E-state index contributed by atoms with van der Waals surface area (Å²) in [6, 6.07) is 171. The lowest BCUT2D eigenvalue weighted by Gasteiger charge is -2.14. The molecule has 0 radical (unpaired) electrons. The van der Waals surface area contributed by atoms with Gasteiger partial charge in [-0.1, -0.05) is 443 Å². The van der Waals surface area contributed by atoms with E-state index in [1.54, 1.807) is 11.3 Å². The van der Waals surface area contributed by atoms with Crippen molar-refractivity contribution in [3.63, 3.8) is 0 Å². The summed E-state index contributed by atoms with van der Waals surface area (Å²) < 4.78 is 15.8. The number of hydrogen-bond acceptors (Lipinski definition) is 12. The van der Waals surface area contributed by atoms with Crippen LogP contribution in [0.2, 0.25) is 0 Å². The molecule has 0 spiro atoms. The number of thiophene rings is 1. The van der Waals surface area contributed by atoms with Crippen LogP contribution in [0, 0.1) is 0 Å². The molecular formula is C133H81N9O2S. The maximum atomic E-state index is 6.71. The number of aromatic nitrogens is 9. The summed E-state index contributed by atoms with van der Waals surface area (Å²) >= 11 is 1.80. The molecule has 0 aliphatic rings. The second-order valence-corrected chi connectivity index (χ2v) is 37.4. The number of rotatable bonds is 13. The molecule has 0 aliphatic heterocycles. The first-order valence-corrected chi connectivity index (χ1v) is 49.4. The van der Waals surface area contributed by atoms with E-state index in [0.717, 1.165) is 116 Å². The van der Waals surface area contributed by atoms with E-state index >= 15 is 0 Å². The molecule has 23 aromatic carbocycles. The maximum absolute atomic E-state index is 6.71. The standard InChI is InChI=1S/C45H27N3O.C45H27N3S.C43H27N3O/c2*1-3-13-28(14-4-1)43-46-44(29-15-5-2-6-16-29)48-45(47-43)38-26-25-31(41-37-21-11-12-22-40(37)49-42(38)41)30-23-24-36-34-19-8-7-17-32(34)33-18-9-10-20-35(33)39(36)27-30;1-3-13-31(14-4-1)41-44-42(32-15-5-2-6-16-32)46-43(45-41)37-27-26-35(39-36-19-9-10-21-38(36)47-40(37)39)30-24-22-29(23-25-30)34-20-11-17-28-12-7-8-18-33(28)34/h2*1-27H;1-27H. The molecule has 145 heavy (non-hydrogen) atoms. The van der Waals surface area contributed by atoms with Crippen molar-refractivity contribution in [1.29, 1.82) is 0 Å². The van der Waals surface area contributed by atoms with Gasteiger partial charge >= 0.3 is 0 Å². The number of hydrogen-bond donors (Lipinski definition) is 0. The number of para-hydroxylation sites is 2. The molecule has 0 unspecified atom stereocenters. The van der Waals surface area contributed by atoms with Gasteiger partial charge in [-0.25, -0.2) is 44.9 Å². The van der Waals surface area contributed by atoms with Crippen molar-refractivity contribution in [1.82, 2.24) is 44.9 Å². The van der Waals surface area contributed by atoms with Crippen LogP contribution in [0.15, 0.2) is 500 Å². The summed E-state index contributed by atoms with van der Waals surface area (Å²) in [5, 5.41) is 24.3. The number of furan rings is 2. The van der Waals surface area contributed by atoms with Crippen molar-refractivity contribution in [2.24, 2.45) is 0 Å². The molecule has 676 valence electrons. The third-order valence-electron chi connectivity index (χ3n) is 27.8. The van der Waals surface area contributed by atoms with Gasteiger partial charge in [-0.3, -0.25) is 0 Å². The topological polar surface area (TPSA) is 142 Å². The van der Waals surface area contributed by atoms with Crippen molar-refractivity contribution in [2.45, 2.75) is 0 Å². The number of nitrogens with zero attached hydrogens (tertiary/aromatic N) is 9. The Hall–Kier alpha value is -19.3. The van der Waals surface area contributed by atoms with Gasteiger partial charge in [0.05, 0.1) is 11.1 Å². The SMILES string of the molecule is c1ccc(-c2nc(-c3ccccc3)nc(-c3ccc(-c4ccc(-c5cccc6ccccc56)cc4)c4c3oc3ccccc34)n2)cc1.c1ccc(-c2nc(-c3ccccc3)nc(-c3ccc(-c4ccc5c6ccccc6c6ccccc6c5c4)c4c3oc3ccccc34)n2)cc1.c1ccc(-c2nc(-c3ccccc3)nc(-c3ccc(-c4ccc5c6ccccc6c6ccccc6c5c4)c4c3sc3ccccc34)n2)cc1. The van der Waals surface area contributed by atoms with E-state index in [4.69, 9.17) is 53.7 Å². The van der Waals surface area contributed by atoms with Gasteiger partial charge in [0, 0.05) is 80.7 Å². The molecule has 0 N–H and O–H groups in total. The monoisotopic (exact) mass is 1870 g/mol. The van der Waals surface area contributed by atoms with Crippen LogP contribution in [-0.2, 0) is 0 Å². The lowest BCUT2D eigenvalue weighted by atomic mass is 9.90.